The summed E-state index contributed by atoms with van der Waals surface area (Å²) in [6, 6.07) is 1.73. The Bertz CT molecular complexity index is 393. The van der Waals surface area contributed by atoms with E-state index in [2.05, 4.69) is 16.8 Å². The van der Waals surface area contributed by atoms with E-state index in [1.54, 1.807) is 12.3 Å². The lowest BCUT2D eigenvalue weighted by molar-refractivity contribution is 0.0254. The zero-order valence-corrected chi connectivity index (χ0v) is 10.9. The fourth-order valence-electron chi connectivity index (χ4n) is 2.75. The molecule has 1 aliphatic heterocycles. The quantitative estimate of drug-likeness (QED) is 0.892. The number of hydrogen-bond acceptors (Lipinski definition) is 3. The van der Waals surface area contributed by atoms with Gasteiger partial charge in [0.1, 0.15) is 5.82 Å². The van der Waals surface area contributed by atoms with Crippen LogP contribution < -0.4 is 0 Å². The zero-order valence-electron chi connectivity index (χ0n) is 10.9. The second-order valence-corrected chi connectivity index (χ2v) is 5.29. The lowest BCUT2D eigenvalue weighted by Crippen LogP contribution is -2.44. The summed E-state index contributed by atoms with van der Waals surface area (Å²) in [5, 5.41) is 9.57. The van der Waals surface area contributed by atoms with Crippen molar-refractivity contribution in [3.8, 4) is 0 Å². The SMILES string of the molecule is CCC1(CO)CCCN(Cc2ccncc2F)C1. The van der Waals surface area contributed by atoms with E-state index in [-0.39, 0.29) is 17.8 Å². The third-order valence-electron chi connectivity index (χ3n) is 4.08. The number of rotatable bonds is 4. The Labute approximate surface area is 108 Å². The highest BCUT2D eigenvalue weighted by Gasteiger charge is 2.33. The molecule has 4 heteroatoms. The third kappa shape index (κ3) is 2.87. The standard InChI is InChI=1S/C14H21FN2O/c1-2-14(11-18)5-3-7-17(10-14)9-12-4-6-16-8-13(12)15/h4,6,8,18H,2-3,5,7,9-11H2,1H3. The van der Waals surface area contributed by atoms with Gasteiger partial charge in [-0.25, -0.2) is 4.39 Å². The van der Waals surface area contributed by atoms with Gasteiger partial charge in [0.15, 0.2) is 0 Å². The molecule has 1 unspecified atom stereocenters. The molecule has 0 aliphatic carbocycles. The van der Waals surface area contributed by atoms with Crippen molar-refractivity contribution in [2.45, 2.75) is 32.7 Å². The number of aliphatic hydroxyl groups is 1. The van der Waals surface area contributed by atoms with E-state index < -0.39 is 0 Å². The van der Waals surface area contributed by atoms with E-state index in [0.29, 0.717) is 12.1 Å². The van der Waals surface area contributed by atoms with Crippen molar-refractivity contribution >= 4 is 0 Å². The average Bonchev–Trinajstić information content (AvgIpc) is 2.41. The minimum atomic E-state index is -0.242. The number of likely N-dealkylation sites (tertiary alicyclic amines) is 1. The Hall–Kier alpha value is -1.00. The lowest BCUT2D eigenvalue weighted by atomic mass is 9.78. The van der Waals surface area contributed by atoms with Gasteiger partial charge in [-0.2, -0.15) is 0 Å². The zero-order chi connectivity index (χ0) is 13.0. The number of aliphatic hydroxyl groups excluding tert-OH is 1. The molecule has 0 radical (unpaired) electrons. The van der Waals surface area contributed by atoms with E-state index in [4.69, 9.17) is 0 Å². The van der Waals surface area contributed by atoms with Gasteiger partial charge < -0.3 is 5.11 Å². The Morgan fingerprint density at radius 2 is 2.39 bits per heavy atom. The summed E-state index contributed by atoms with van der Waals surface area (Å²) in [4.78, 5) is 6.00. The van der Waals surface area contributed by atoms with Crippen LogP contribution in [0.2, 0.25) is 0 Å². The topological polar surface area (TPSA) is 36.4 Å². The second kappa shape index (κ2) is 5.76. The number of nitrogens with zero attached hydrogens (tertiary/aromatic N) is 2. The predicted molar refractivity (Wildman–Crippen MR) is 68.5 cm³/mol. The first-order valence-electron chi connectivity index (χ1n) is 6.61. The van der Waals surface area contributed by atoms with Gasteiger partial charge in [-0.1, -0.05) is 6.92 Å². The Morgan fingerprint density at radius 3 is 3.06 bits per heavy atom. The molecule has 18 heavy (non-hydrogen) atoms. The van der Waals surface area contributed by atoms with Crippen molar-refractivity contribution < 1.29 is 9.50 Å². The summed E-state index contributed by atoms with van der Waals surface area (Å²) < 4.78 is 13.6. The Balaban J connectivity index is 2.04. The van der Waals surface area contributed by atoms with Gasteiger partial charge in [-0.3, -0.25) is 9.88 Å². The molecule has 1 atom stereocenters. The van der Waals surface area contributed by atoms with Gasteiger partial charge in [0.2, 0.25) is 0 Å². The van der Waals surface area contributed by atoms with Gasteiger partial charge in [-0.05, 0) is 31.9 Å². The van der Waals surface area contributed by atoms with Crippen LogP contribution in [0, 0.1) is 11.2 Å². The summed E-state index contributed by atoms with van der Waals surface area (Å²) in [7, 11) is 0. The smallest absolute Gasteiger partial charge is 0.145 e. The van der Waals surface area contributed by atoms with Crippen molar-refractivity contribution in [2.75, 3.05) is 19.7 Å². The molecule has 2 heterocycles. The van der Waals surface area contributed by atoms with E-state index in [9.17, 15) is 9.50 Å². The number of halogens is 1. The number of piperidine rings is 1. The molecule has 0 aromatic carbocycles. The van der Waals surface area contributed by atoms with Crippen LogP contribution in [0.4, 0.5) is 4.39 Å². The van der Waals surface area contributed by atoms with Crippen LogP contribution in [0.5, 0.6) is 0 Å². The van der Waals surface area contributed by atoms with Gasteiger partial charge in [-0.15, -0.1) is 0 Å². The molecule has 1 fully saturated rings. The average molecular weight is 252 g/mol. The van der Waals surface area contributed by atoms with Crippen LogP contribution in [0.1, 0.15) is 31.7 Å². The maximum Gasteiger partial charge on any atom is 0.145 e. The third-order valence-corrected chi connectivity index (χ3v) is 4.08. The van der Waals surface area contributed by atoms with Gasteiger partial charge >= 0.3 is 0 Å². The molecule has 2 rings (SSSR count). The highest BCUT2D eigenvalue weighted by molar-refractivity contribution is 5.12. The molecule has 100 valence electrons. The summed E-state index contributed by atoms with van der Waals surface area (Å²) in [5.74, 6) is -0.242. The van der Waals surface area contributed by atoms with E-state index in [1.807, 2.05) is 0 Å². The van der Waals surface area contributed by atoms with Crippen molar-refractivity contribution in [3.05, 3.63) is 29.8 Å². The first-order chi connectivity index (χ1) is 8.69. The van der Waals surface area contributed by atoms with Gasteiger partial charge in [0.05, 0.1) is 6.20 Å². The predicted octanol–water partition coefficient (Wildman–Crippen LogP) is 2.21. The molecular formula is C14H21FN2O. The van der Waals surface area contributed by atoms with Crippen LogP contribution in [0.25, 0.3) is 0 Å². The molecular weight excluding hydrogens is 231 g/mol. The molecule has 0 spiro atoms. The summed E-state index contributed by atoms with van der Waals surface area (Å²) in [6.45, 7) is 4.77. The molecule has 1 aromatic rings. The van der Waals surface area contributed by atoms with Gasteiger partial charge in [0, 0.05) is 36.9 Å². The highest BCUT2D eigenvalue weighted by Crippen LogP contribution is 2.33. The van der Waals surface area contributed by atoms with Gasteiger partial charge in [0.25, 0.3) is 0 Å². The van der Waals surface area contributed by atoms with Crippen molar-refractivity contribution in [1.82, 2.24) is 9.88 Å². The van der Waals surface area contributed by atoms with Crippen LogP contribution in [0.3, 0.4) is 0 Å². The number of hydrogen-bond donors (Lipinski definition) is 1. The minimum Gasteiger partial charge on any atom is -0.396 e. The maximum absolute atomic E-state index is 13.6. The molecule has 3 nitrogen and oxygen atoms in total. The number of aromatic nitrogens is 1. The monoisotopic (exact) mass is 252 g/mol. The molecule has 1 N–H and O–H groups in total. The summed E-state index contributed by atoms with van der Waals surface area (Å²) >= 11 is 0. The molecule has 1 saturated heterocycles. The van der Waals surface area contributed by atoms with Crippen LogP contribution >= 0.6 is 0 Å². The van der Waals surface area contributed by atoms with Crippen molar-refractivity contribution in [1.29, 1.82) is 0 Å². The van der Waals surface area contributed by atoms with Crippen LogP contribution in [-0.4, -0.2) is 34.7 Å². The maximum atomic E-state index is 13.6. The first-order valence-corrected chi connectivity index (χ1v) is 6.61. The molecule has 0 saturated carbocycles. The Kier molecular flexibility index (Phi) is 4.30. The van der Waals surface area contributed by atoms with E-state index >= 15 is 0 Å². The second-order valence-electron chi connectivity index (χ2n) is 5.29. The summed E-state index contributed by atoms with van der Waals surface area (Å²) in [6.07, 6.45) is 6.00. The molecule has 0 bridgehead atoms. The minimum absolute atomic E-state index is 0.00174. The first kappa shape index (κ1) is 13.4. The van der Waals surface area contributed by atoms with Crippen molar-refractivity contribution in [2.24, 2.45) is 5.41 Å². The van der Waals surface area contributed by atoms with Crippen molar-refractivity contribution in [3.63, 3.8) is 0 Å². The van der Waals surface area contributed by atoms with E-state index in [0.717, 1.165) is 32.4 Å². The molecule has 1 aliphatic rings. The molecule has 0 amide bonds. The molecule has 1 aromatic heterocycles. The summed E-state index contributed by atoms with van der Waals surface area (Å²) in [5.41, 5.74) is 0.691. The van der Waals surface area contributed by atoms with Crippen LogP contribution in [0.15, 0.2) is 18.5 Å². The normalized spacial score (nSPS) is 25.3. The van der Waals surface area contributed by atoms with Crippen LogP contribution in [-0.2, 0) is 6.54 Å². The highest BCUT2D eigenvalue weighted by atomic mass is 19.1. The number of pyridine rings is 1. The fourth-order valence-corrected chi connectivity index (χ4v) is 2.75. The van der Waals surface area contributed by atoms with E-state index in [1.165, 1.54) is 6.20 Å². The fraction of sp³-hybridized carbons (Fsp3) is 0.643. The lowest BCUT2D eigenvalue weighted by Gasteiger charge is -2.41. The Morgan fingerprint density at radius 1 is 1.56 bits per heavy atom. The largest absolute Gasteiger partial charge is 0.396 e.